The fourth-order valence-electron chi connectivity index (χ4n) is 2.71. The van der Waals surface area contributed by atoms with E-state index in [2.05, 4.69) is 20.4 Å². The van der Waals surface area contributed by atoms with E-state index in [1.54, 1.807) is 19.1 Å². The number of aryl methyl sites for hydroxylation is 1. The van der Waals surface area contributed by atoms with Crippen LogP contribution < -0.4 is 10.6 Å². The van der Waals surface area contributed by atoms with Crippen molar-refractivity contribution in [3.05, 3.63) is 64.4 Å². The molecule has 0 radical (unpaired) electrons. The highest BCUT2D eigenvalue weighted by Gasteiger charge is 2.24. The second-order valence-corrected chi connectivity index (χ2v) is 7.60. The Morgan fingerprint density at radius 1 is 1.23 bits per heavy atom. The van der Waals surface area contributed by atoms with Gasteiger partial charge in [0.25, 0.3) is 5.91 Å². The van der Waals surface area contributed by atoms with Crippen LogP contribution >= 0.6 is 11.3 Å². The van der Waals surface area contributed by atoms with Gasteiger partial charge in [0.1, 0.15) is 18.5 Å². The smallest absolute Gasteiger partial charge is 0.408 e. The van der Waals surface area contributed by atoms with Gasteiger partial charge in [-0.1, -0.05) is 30.3 Å². The van der Waals surface area contributed by atoms with Gasteiger partial charge >= 0.3 is 12.1 Å². The van der Waals surface area contributed by atoms with Crippen molar-refractivity contribution >= 4 is 39.5 Å². The van der Waals surface area contributed by atoms with Crippen LogP contribution in [0.3, 0.4) is 0 Å². The number of hydrogen-bond donors (Lipinski definition) is 2. The fraction of sp³-hybridized carbons (Fsp3) is 0.238. The number of ether oxygens (including phenoxy) is 2. The summed E-state index contributed by atoms with van der Waals surface area (Å²) in [5.74, 6) is -1.69. The molecule has 31 heavy (non-hydrogen) atoms. The number of carbonyl (C=O) groups excluding carboxylic acids is 3. The summed E-state index contributed by atoms with van der Waals surface area (Å²) in [5, 5.41) is 4.95. The summed E-state index contributed by atoms with van der Waals surface area (Å²) >= 11 is 1.09. The largest absolute Gasteiger partial charge is 0.467 e. The van der Waals surface area contributed by atoms with E-state index in [1.807, 2.05) is 18.2 Å². The fourth-order valence-corrected chi connectivity index (χ4v) is 3.74. The number of esters is 1. The quantitative estimate of drug-likeness (QED) is 0.542. The Bertz CT molecular complexity index is 1100. The number of nitrogens with one attached hydrogen (secondary N) is 2. The maximum atomic E-state index is 13.7. The lowest BCUT2D eigenvalue weighted by Gasteiger charge is -2.17. The molecular formula is C21H20FN3O5S. The zero-order valence-electron chi connectivity index (χ0n) is 16.8. The number of amides is 2. The van der Waals surface area contributed by atoms with Crippen molar-refractivity contribution in [3.63, 3.8) is 0 Å². The first-order chi connectivity index (χ1) is 14.9. The number of carbonyl (C=O) groups is 3. The zero-order chi connectivity index (χ0) is 22.4. The first-order valence-corrected chi connectivity index (χ1v) is 10.1. The van der Waals surface area contributed by atoms with E-state index in [1.165, 1.54) is 13.2 Å². The molecule has 2 aromatic heterocycles. The Hall–Kier alpha value is -3.53. The van der Waals surface area contributed by atoms with Crippen LogP contribution in [0.5, 0.6) is 0 Å². The van der Waals surface area contributed by atoms with E-state index in [0.717, 1.165) is 23.1 Å². The van der Waals surface area contributed by atoms with E-state index in [9.17, 15) is 18.8 Å². The number of alkyl carbamates (subject to hydrolysis) is 1. The minimum atomic E-state index is -1.15. The first kappa shape index (κ1) is 22.2. The van der Waals surface area contributed by atoms with E-state index >= 15 is 0 Å². The van der Waals surface area contributed by atoms with Gasteiger partial charge in [0.15, 0.2) is 0 Å². The van der Waals surface area contributed by atoms with E-state index in [-0.39, 0.29) is 13.2 Å². The molecule has 2 N–H and O–H groups in total. The maximum absolute atomic E-state index is 13.7. The molecule has 0 fully saturated rings. The molecule has 0 aliphatic heterocycles. The van der Waals surface area contributed by atoms with Crippen molar-refractivity contribution in [1.82, 2.24) is 15.6 Å². The summed E-state index contributed by atoms with van der Waals surface area (Å²) in [5.41, 5.74) is 1.69. The molecule has 0 unspecified atom stereocenters. The number of hydrogen-bond acceptors (Lipinski definition) is 7. The van der Waals surface area contributed by atoms with E-state index in [0.29, 0.717) is 20.7 Å². The zero-order valence-corrected chi connectivity index (χ0v) is 17.6. The molecule has 0 saturated carbocycles. The third-order valence-electron chi connectivity index (χ3n) is 4.41. The lowest BCUT2D eigenvalue weighted by atomic mass is 10.2. The van der Waals surface area contributed by atoms with E-state index in [4.69, 9.17) is 4.74 Å². The van der Waals surface area contributed by atoms with Gasteiger partial charge in [-0.3, -0.25) is 9.78 Å². The molecule has 162 valence electrons. The number of aromatic nitrogens is 1. The highest BCUT2D eigenvalue weighted by molar-refractivity contribution is 7.21. The molecule has 2 amide bonds. The number of pyridine rings is 1. The molecule has 0 aliphatic rings. The molecule has 3 rings (SSSR count). The summed E-state index contributed by atoms with van der Waals surface area (Å²) in [7, 11) is 1.17. The van der Waals surface area contributed by atoms with Crippen molar-refractivity contribution in [2.45, 2.75) is 19.6 Å². The van der Waals surface area contributed by atoms with Gasteiger partial charge in [0.05, 0.1) is 28.4 Å². The predicted molar refractivity (Wildman–Crippen MR) is 112 cm³/mol. The Morgan fingerprint density at radius 2 is 1.97 bits per heavy atom. The van der Waals surface area contributed by atoms with Crippen molar-refractivity contribution in [3.8, 4) is 0 Å². The summed E-state index contributed by atoms with van der Waals surface area (Å²) in [6.45, 7) is 1.41. The lowest BCUT2D eigenvalue weighted by molar-refractivity contribution is -0.142. The molecule has 1 aromatic carbocycles. The van der Waals surface area contributed by atoms with Gasteiger partial charge in [-0.25, -0.2) is 14.0 Å². The summed E-state index contributed by atoms with van der Waals surface area (Å²) in [4.78, 5) is 40.8. The second kappa shape index (κ2) is 9.98. The highest BCUT2D eigenvalue weighted by atomic mass is 32.1. The Morgan fingerprint density at radius 3 is 2.68 bits per heavy atom. The number of benzene rings is 1. The van der Waals surface area contributed by atoms with Crippen LogP contribution in [-0.4, -0.2) is 42.7 Å². The molecule has 0 bridgehead atoms. The third kappa shape index (κ3) is 5.54. The molecule has 1 atom stereocenters. The molecular weight excluding hydrogens is 425 g/mol. The average Bonchev–Trinajstić information content (AvgIpc) is 3.23. The minimum Gasteiger partial charge on any atom is -0.467 e. The molecule has 3 aromatic rings. The van der Waals surface area contributed by atoms with Gasteiger partial charge in [-0.05, 0) is 18.6 Å². The molecule has 8 nitrogen and oxygen atoms in total. The average molecular weight is 445 g/mol. The molecule has 0 saturated heterocycles. The van der Waals surface area contributed by atoms with E-state index < -0.39 is 29.8 Å². The second-order valence-electron chi connectivity index (χ2n) is 6.55. The number of fused-ring (bicyclic) bond motifs is 1. The summed E-state index contributed by atoms with van der Waals surface area (Å²) < 4.78 is 24.0. The normalized spacial score (nSPS) is 11.6. The van der Waals surface area contributed by atoms with Crippen molar-refractivity contribution in [2.24, 2.45) is 0 Å². The van der Waals surface area contributed by atoms with Crippen LogP contribution in [-0.2, 0) is 20.9 Å². The van der Waals surface area contributed by atoms with Gasteiger partial charge in [-0.15, -0.1) is 11.3 Å². The molecule has 2 heterocycles. The first-order valence-electron chi connectivity index (χ1n) is 9.27. The number of halogens is 1. The Balaban J connectivity index is 1.60. The number of rotatable bonds is 7. The monoisotopic (exact) mass is 445 g/mol. The molecule has 0 spiro atoms. The molecule has 10 heteroatoms. The predicted octanol–water partition coefficient (Wildman–Crippen LogP) is 2.94. The van der Waals surface area contributed by atoms with Crippen molar-refractivity contribution in [2.75, 3.05) is 13.7 Å². The van der Waals surface area contributed by atoms with Crippen LogP contribution in [0.1, 0.15) is 20.8 Å². The third-order valence-corrected chi connectivity index (χ3v) is 5.65. The number of nitrogens with zero attached hydrogens (tertiary/aromatic N) is 1. The van der Waals surface area contributed by atoms with Crippen LogP contribution in [0.2, 0.25) is 0 Å². The van der Waals surface area contributed by atoms with Crippen LogP contribution in [0.25, 0.3) is 10.2 Å². The number of methoxy groups -OCH3 is 1. The highest BCUT2D eigenvalue weighted by Crippen LogP contribution is 2.28. The summed E-state index contributed by atoms with van der Waals surface area (Å²) in [6, 6.07) is 9.42. The van der Waals surface area contributed by atoms with Crippen LogP contribution in [0.4, 0.5) is 9.18 Å². The number of thiophene rings is 1. The van der Waals surface area contributed by atoms with Crippen LogP contribution in [0, 0.1) is 12.7 Å². The van der Waals surface area contributed by atoms with Gasteiger partial charge in [0.2, 0.25) is 0 Å². The van der Waals surface area contributed by atoms with Crippen molar-refractivity contribution in [1.29, 1.82) is 0 Å². The molecule has 0 aliphatic carbocycles. The lowest BCUT2D eigenvalue weighted by Crippen LogP contribution is -2.49. The Labute approximate surface area is 181 Å². The standard InChI is InChI=1S/C21H20FN3O5S/c1-12-14(22)9-23-15-8-17(31-18(12)15)19(26)24-10-16(20(27)29-2)25-21(28)30-11-13-6-4-3-5-7-13/h3-9,16H,10-11H2,1-2H3,(H,24,26)(H,25,28)/t16-/m1/s1. The van der Waals surface area contributed by atoms with Crippen LogP contribution in [0.15, 0.2) is 42.6 Å². The maximum Gasteiger partial charge on any atom is 0.408 e. The van der Waals surface area contributed by atoms with Gasteiger partial charge in [-0.2, -0.15) is 0 Å². The SMILES string of the molecule is COC(=O)[C@@H](CNC(=O)c1cc2ncc(F)c(C)c2s1)NC(=O)OCc1ccccc1. The topological polar surface area (TPSA) is 107 Å². The van der Waals surface area contributed by atoms with Gasteiger partial charge < -0.3 is 20.1 Å². The Kier molecular flexibility index (Phi) is 7.14. The van der Waals surface area contributed by atoms with Crippen molar-refractivity contribution < 1.29 is 28.2 Å². The minimum absolute atomic E-state index is 0.0254. The summed E-state index contributed by atoms with van der Waals surface area (Å²) in [6.07, 6.45) is 0.273. The van der Waals surface area contributed by atoms with Gasteiger partial charge in [0, 0.05) is 12.1 Å².